The van der Waals surface area contributed by atoms with Crippen molar-refractivity contribution in [2.45, 2.75) is 12.8 Å². The molecule has 0 aliphatic rings. The number of hydrogen-bond donors (Lipinski definition) is 1. The monoisotopic (exact) mass is 306 g/mol. The molecule has 0 spiro atoms. The van der Waals surface area contributed by atoms with Gasteiger partial charge >= 0.3 is 5.97 Å². The van der Waals surface area contributed by atoms with E-state index in [0.29, 0.717) is 13.0 Å². The molecule has 76 valence electrons. The Labute approximate surface area is 96.2 Å². The second-order valence-electron chi connectivity index (χ2n) is 2.80. The SMILES string of the molecule is O=C(O)CCCOc1cccc(I)c1. The molecule has 0 amide bonds. The predicted octanol–water partition coefficient (Wildman–Crippen LogP) is 2.53. The molecule has 1 N–H and O–H groups in total. The van der Waals surface area contributed by atoms with Gasteiger partial charge < -0.3 is 9.84 Å². The normalized spacial score (nSPS) is 9.79. The number of carbonyl (C=O) groups is 1. The molecule has 0 saturated carbocycles. The van der Waals surface area contributed by atoms with E-state index in [1.165, 1.54) is 0 Å². The van der Waals surface area contributed by atoms with Crippen LogP contribution in [0.1, 0.15) is 12.8 Å². The van der Waals surface area contributed by atoms with Crippen LogP contribution in [-0.2, 0) is 4.79 Å². The maximum Gasteiger partial charge on any atom is 0.303 e. The first-order valence-corrected chi connectivity index (χ1v) is 5.36. The van der Waals surface area contributed by atoms with Crippen molar-refractivity contribution in [2.24, 2.45) is 0 Å². The third-order valence-corrected chi connectivity index (χ3v) is 2.27. The Balaban J connectivity index is 2.28. The van der Waals surface area contributed by atoms with Crippen LogP contribution in [0.4, 0.5) is 0 Å². The van der Waals surface area contributed by atoms with Gasteiger partial charge in [-0.15, -0.1) is 0 Å². The summed E-state index contributed by atoms with van der Waals surface area (Å²) in [6, 6.07) is 7.67. The molecule has 0 aromatic heterocycles. The average Bonchev–Trinajstić information content (AvgIpc) is 2.12. The number of hydrogen-bond acceptors (Lipinski definition) is 2. The number of carboxylic acids is 1. The van der Waals surface area contributed by atoms with E-state index in [4.69, 9.17) is 9.84 Å². The first kappa shape index (κ1) is 11.3. The zero-order chi connectivity index (χ0) is 10.4. The molecular formula is C10H11IO3. The van der Waals surface area contributed by atoms with Gasteiger partial charge in [0.1, 0.15) is 5.75 Å². The fourth-order valence-corrected chi connectivity index (χ4v) is 1.48. The summed E-state index contributed by atoms with van der Waals surface area (Å²) >= 11 is 2.20. The maximum atomic E-state index is 10.2. The Morgan fingerprint density at radius 3 is 2.93 bits per heavy atom. The molecular weight excluding hydrogens is 295 g/mol. The predicted molar refractivity (Wildman–Crippen MR) is 61.5 cm³/mol. The third-order valence-electron chi connectivity index (χ3n) is 1.60. The molecule has 0 unspecified atom stereocenters. The van der Waals surface area contributed by atoms with Gasteiger partial charge in [-0.1, -0.05) is 6.07 Å². The number of benzene rings is 1. The highest BCUT2D eigenvalue weighted by molar-refractivity contribution is 14.1. The smallest absolute Gasteiger partial charge is 0.303 e. The van der Waals surface area contributed by atoms with Gasteiger partial charge in [0.15, 0.2) is 0 Å². The van der Waals surface area contributed by atoms with Crippen molar-refractivity contribution in [1.82, 2.24) is 0 Å². The summed E-state index contributed by atoms with van der Waals surface area (Å²) in [6.07, 6.45) is 0.699. The lowest BCUT2D eigenvalue weighted by atomic mass is 10.3. The number of ether oxygens (including phenoxy) is 1. The van der Waals surface area contributed by atoms with E-state index in [1.807, 2.05) is 24.3 Å². The minimum absolute atomic E-state index is 0.157. The summed E-state index contributed by atoms with van der Waals surface area (Å²) in [5.41, 5.74) is 0. The van der Waals surface area contributed by atoms with Crippen molar-refractivity contribution >= 4 is 28.6 Å². The molecule has 0 saturated heterocycles. The second kappa shape index (κ2) is 5.85. The first-order valence-electron chi connectivity index (χ1n) is 4.28. The number of aliphatic carboxylic acids is 1. The molecule has 1 aromatic rings. The van der Waals surface area contributed by atoms with E-state index in [-0.39, 0.29) is 6.42 Å². The molecule has 0 radical (unpaired) electrons. The van der Waals surface area contributed by atoms with Crippen LogP contribution >= 0.6 is 22.6 Å². The average molecular weight is 306 g/mol. The minimum atomic E-state index is -0.781. The lowest BCUT2D eigenvalue weighted by Gasteiger charge is -2.04. The van der Waals surface area contributed by atoms with Gasteiger partial charge in [0.05, 0.1) is 6.61 Å². The standard InChI is InChI=1S/C10H11IO3/c11-8-3-1-4-9(7-8)14-6-2-5-10(12)13/h1,3-4,7H,2,5-6H2,(H,12,13). The zero-order valence-electron chi connectivity index (χ0n) is 7.57. The molecule has 0 fully saturated rings. The molecule has 3 nitrogen and oxygen atoms in total. The molecule has 14 heavy (non-hydrogen) atoms. The number of halogens is 1. The summed E-state index contributed by atoms with van der Waals surface area (Å²) < 4.78 is 6.48. The summed E-state index contributed by atoms with van der Waals surface area (Å²) in [4.78, 5) is 10.2. The highest BCUT2D eigenvalue weighted by Gasteiger charge is 1.98. The van der Waals surface area contributed by atoms with Crippen LogP contribution in [0.2, 0.25) is 0 Å². The molecule has 1 aromatic carbocycles. The van der Waals surface area contributed by atoms with Crippen molar-refractivity contribution in [3.8, 4) is 5.75 Å². The van der Waals surface area contributed by atoms with Crippen LogP contribution in [0, 0.1) is 3.57 Å². The fourth-order valence-electron chi connectivity index (χ4n) is 0.970. The van der Waals surface area contributed by atoms with Gasteiger partial charge in [0.25, 0.3) is 0 Å². The van der Waals surface area contributed by atoms with Gasteiger partial charge in [-0.25, -0.2) is 0 Å². The van der Waals surface area contributed by atoms with Crippen molar-refractivity contribution in [1.29, 1.82) is 0 Å². The van der Waals surface area contributed by atoms with Crippen molar-refractivity contribution in [3.05, 3.63) is 27.8 Å². The van der Waals surface area contributed by atoms with E-state index in [9.17, 15) is 4.79 Å². The van der Waals surface area contributed by atoms with E-state index < -0.39 is 5.97 Å². The van der Waals surface area contributed by atoms with Crippen LogP contribution < -0.4 is 4.74 Å². The van der Waals surface area contributed by atoms with E-state index in [1.54, 1.807) is 0 Å². The van der Waals surface area contributed by atoms with Crippen LogP contribution in [0.25, 0.3) is 0 Å². The van der Waals surface area contributed by atoms with E-state index in [0.717, 1.165) is 9.32 Å². The first-order chi connectivity index (χ1) is 6.68. The summed E-state index contributed by atoms with van der Waals surface area (Å²) in [5, 5.41) is 8.40. The molecule has 1 rings (SSSR count). The maximum absolute atomic E-state index is 10.2. The topological polar surface area (TPSA) is 46.5 Å². The molecule has 0 aliphatic heterocycles. The van der Waals surface area contributed by atoms with Gasteiger partial charge in [-0.3, -0.25) is 4.79 Å². The Morgan fingerprint density at radius 2 is 2.29 bits per heavy atom. The van der Waals surface area contributed by atoms with Crippen LogP contribution in [0.15, 0.2) is 24.3 Å². The third kappa shape index (κ3) is 4.45. The van der Waals surface area contributed by atoms with Gasteiger partial charge in [-0.2, -0.15) is 0 Å². The molecule has 0 atom stereocenters. The van der Waals surface area contributed by atoms with Crippen LogP contribution in [-0.4, -0.2) is 17.7 Å². The Morgan fingerprint density at radius 1 is 1.50 bits per heavy atom. The van der Waals surface area contributed by atoms with Crippen molar-refractivity contribution in [3.63, 3.8) is 0 Å². The van der Waals surface area contributed by atoms with Gasteiger partial charge in [-0.05, 0) is 47.2 Å². The molecule has 0 bridgehead atoms. The molecule has 4 heteroatoms. The van der Waals surface area contributed by atoms with Crippen molar-refractivity contribution < 1.29 is 14.6 Å². The van der Waals surface area contributed by atoms with E-state index >= 15 is 0 Å². The Kier molecular flexibility index (Phi) is 4.72. The second-order valence-corrected chi connectivity index (χ2v) is 4.05. The lowest BCUT2D eigenvalue weighted by molar-refractivity contribution is -0.137. The number of carboxylic acid groups (broad SMARTS) is 1. The fraction of sp³-hybridized carbons (Fsp3) is 0.300. The minimum Gasteiger partial charge on any atom is -0.494 e. The summed E-state index contributed by atoms with van der Waals surface area (Å²) in [6.45, 7) is 0.451. The molecule has 0 aliphatic carbocycles. The summed E-state index contributed by atoms with van der Waals surface area (Å²) in [7, 11) is 0. The van der Waals surface area contributed by atoms with Crippen molar-refractivity contribution in [2.75, 3.05) is 6.61 Å². The zero-order valence-corrected chi connectivity index (χ0v) is 9.73. The van der Waals surface area contributed by atoms with Crippen LogP contribution in [0.5, 0.6) is 5.75 Å². The number of rotatable bonds is 5. The van der Waals surface area contributed by atoms with Crippen LogP contribution in [0.3, 0.4) is 0 Å². The summed E-state index contributed by atoms with van der Waals surface area (Å²) in [5.74, 6) is 0.0125. The Hall–Kier alpha value is -0.780. The Bertz CT molecular complexity index is 312. The van der Waals surface area contributed by atoms with Gasteiger partial charge in [0.2, 0.25) is 0 Å². The lowest BCUT2D eigenvalue weighted by Crippen LogP contribution is -2.01. The van der Waals surface area contributed by atoms with Gasteiger partial charge in [0, 0.05) is 9.99 Å². The quantitative estimate of drug-likeness (QED) is 0.672. The largest absolute Gasteiger partial charge is 0.494 e. The highest BCUT2D eigenvalue weighted by atomic mass is 127. The van der Waals surface area contributed by atoms with E-state index in [2.05, 4.69) is 22.6 Å². The molecule has 0 heterocycles. The highest BCUT2D eigenvalue weighted by Crippen LogP contribution is 2.14.